The number of hydrogen-bond acceptors (Lipinski definition) is 1. The van der Waals surface area contributed by atoms with E-state index >= 15 is 0 Å². The van der Waals surface area contributed by atoms with E-state index in [2.05, 4.69) is 123 Å². The van der Waals surface area contributed by atoms with Gasteiger partial charge in [-0.1, -0.05) is 81.1 Å². The van der Waals surface area contributed by atoms with Gasteiger partial charge in [-0.05, 0) is 47.9 Å². The van der Waals surface area contributed by atoms with Crippen molar-refractivity contribution in [3.05, 3.63) is 90.6 Å². The van der Waals surface area contributed by atoms with Crippen LogP contribution in [0.1, 0.15) is 25.3 Å². The van der Waals surface area contributed by atoms with Crippen molar-refractivity contribution in [2.24, 2.45) is 0 Å². The minimum atomic E-state index is -1.49. The summed E-state index contributed by atoms with van der Waals surface area (Å²) in [6.07, 6.45) is 2.12. The summed E-state index contributed by atoms with van der Waals surface area (Å²) in [5.74, 6) is 0.490. The molecule has 3 heteroatoms. The lowest BCUT2D eigenvalue weighted by Crippen LogP contribution is -2.40. The molecule has 0 fully saturated rings. The van der Waals surface area contributed by atoms with Crippen molar-refractivity contribution in [3.63, 3.8) is 0 Å². The second kappa shape index (κ2) is 7.75. The van der Waals surface area contributed by atoms with Crippen molar-refractivity contribution >= 4 is 35.1 Å². The van der Waals surface area contributed by atoms with Crippen molar-refractivity contribution in [1.29, 1.82) is 0 Å². The molecule has 2 aromatic heterocycles. The fraction of sp³-hybridized carbons (Fsp3) is 0.207. The van der Waals surface area contributed by atoms with Crippen LogP contribution in [0, 0.1) is 0 Å². The Kier molecular flexibility index (Phi) is 5.02. The molecule has 0 aliphatic carbocycles. The quantitative estimate of drug-likeness (QED) is 0.268. The molecule has 5 rings (SSSR count). The third kappa shape index (κ3) is 3.47. The Morgan fingerprint density at radius 3 is 2.16 bits per heavy atom. The van der Waals surface area contributed by atoms with Crippen LogP contribution in [-0.2, 0) is 0 Å². The number of aromatic nitrogens is 2. The van der Waals surface area contributed by atoms with Gasteiger partial charge in [0, 0.05) is 28.2 Å². The molecule has 0 saturated carbocycles. The molecular formula is C29H30N2Si. The molecule has 0 atom stereocenters. The molecule has 160 valence electrons. The van der Waals surface area contributed by atoms with Gasteiger partial charge in [-0.25, -0.2) is 0 Å². The fourth-order valence-electron chi connectivity index (χ4n) is 4.72. The lowest BCUT2D eigenvalue weighted by Gasteiger charge is -2.23. The molecule has 0 spiro atoms. The van der Waals surface area contributed by atoms with Gasteiger partial charge in [-0.15, -0.1) is 0 Å². The first-order valence-electron chi connectivity index (χ1n) is 11.4. The number of fused-ring (bicyclic) bond motifs is 3. The second-order valence-corrected chi connectivity index (χ2v) is 15.0. The van der Waals surface area contributed by atoms with E-state index in [1.165, 1.54) is 43.8 Å². The monoisotopic (exact) mass is 434 g/mol. The highest BCUT2D eigenvalue weighted by Crippen LogP contribution is 2.34. The highest BCUT2D eigenvalue weighted by Gasteiger charge is 2.23. The average Bonchev–Trinajstić information content (AvgIpc) is 3.12. The van der Waals surface area contributed by atoms with Gasteiger partial charge in [0.15, 0.2) is 0 Å². The minimum absolute atomic E-state index is 0.490. The molecule has 0 aliphatic rings. The molecule has 32 heavy (non-hydrogen) atoms. The standard InChI is InChI=1S/C29H30N2Si/c1-20(2)25-19-30-26(18-29(25)32(3,4)5)21-15-16-28-24(17-21)23-13-9-10-14-27(23)31(28)22-11-7-6-8-12-22/h6-20H,1-5H3. The van der Waals surface area contributed by atoms with E-state index in [0.29, 0.717) is 5.92 Å². The predicted molar refractivity (Wildman–Crippen MR) is 141 cm³/mol. The zero-order valence-electron chi connectivity index (χ0n) is 19.6. The smallest absolute Gasteiger partial charge is 0.0781 e. The van der Waals surface area contributed by atoms with Crippen LogP contribution in [0.2, 0.25) is 19.6 Å². The third-order valence-electron chi connectivity index (χ3n) is 6.35. The molecule has 2 nitrogen and oxygen atoms in total. The number of hydrogen-bond donors (Lipinski definition) is 0. The molecule has 0 amide bonds. The van der Waals surface area contributed by atoms with Gasteiger partial charge in [0.25, 0.3) is 0 Å². The SMILES string of the molecule is CC(C)c1cnc(-c2ccc3c(c2)c2ccccc2n3-c2ccccc2)cc1[Si](C)(C)C. The molecular weight excluding hydrogens is 404 g/mol. The third-order valence-corrected chi connectivity index (χ3v) is 8.40. The van der Waals surface area contributed by atoms with Crippen LogP contribution in [0.25, 0.3) is 38.8 Å². The second-order valence-electron chi connectivity index (χ2n) is 9.98. The summed E-state index contributed by atoms with van der Waals surface area (Å²) in [5, 5.41) is 4.06. The zero-order chi connectivity index (χ0) is 22.5. The Hall–Kier alpha value is -3.17. The van der Waals surface area contributed by atoms with Crippen molar-refractivity contribution in [2.45, 2.75) is 39.4 Å². The highest BCUT2D eigenvalue weighted by molar-refractivity contribution is 6.89. The first kappa shape index (κ1) is 20.7. The van der Waals surface area contributed by atoms with Crippen molar-refractivity contribution in [2.75, 3.05) is 0 Å². The minimum Gasteiger partial charge on any atom is -0.309 e. The molecule has 0 unspecified atom stereocenters. The van der Waals surface area contributed by atoms with Gasteiger partial charge in [-0.2, -0.15) is 0 Å². The van der Waals surface area contributed by atoms with Gasteiger partial charge >= 0.3 is 0 Å². The van der Waals surface area contributed by atoms with Crippen molar-refractivity contribution in [3.8, 4) is 16.9 Å². The van der Waals surface area contributed by atoms with Crippen LogP contribution in [0.4, 0.5) is 0 Å². The van der Waals surface area contributed by atoms with Gasteiger partial charge in [0.05, 0.1) is 24.8 Å². The molecule has 5 aromatic rings. The molecule has 0 aliphatic heterocycles. The first-order valence-corrected chi connectivity index (χ1v) is 14.9. The van der Waals surface area contributed by atoms with E-state index in [1.807, 2.05) is 0 Å². The molecule has 2 heterocycles. The highest BCUT2D eigenvalue weighted by atomic mass is 28.3. The maximum absolute atomic E-state index is 4.91. The molecule has 0 N–H and O–H groups in total. The lowest BCUT2D eigenvalue weighted by atomic mass is 10.0. The normalized spacial score (nSPS) is 12.2. The number of para-hydroxylation sites is 2. The predicted octanol–water partition coefficient (Wildman–Crippen LogP) is 7.51. The van der Waals surface area contributed by atoms with E-state index in [4.69, 9.17) is 4.98 Å². The molecule has 0 saturated heterocycles. The fourth-order valence-corrected chi connectivity index (χ4v) is 6.51. The maximum atomic E-state index is 4.91. The zero-order valence-corrected chi connectivity index (χ0v) is 20.6. The number of pyridine rings is 1. The van der Waals surface area contributed by atoms with Crippen LogP contribution < -0.4 is 5.19 Å². The average molecular weight is 435 g/mol. The summed E-state index contributed by atoms with van der Waals surface area (Å²) < 4.78 is 2.36. The lowest BCUT2D eigenvalue weighted by molar-refractivity contribution is 0.864. The summed E-state index contributed by atoms with van der Waals surface area (Å²) >= 11 is 0. The van der Waals surface area contributed by atoms with Crippen LogP contribution in [0.3, 0.4) is 0 Å². The van der Waals surface area contributed by atoms with Gasteiger partial charge in [-0.3, -0.25) is 4.98 Å². The van der Waals surface area contributed by atoms with Crippen LogP contribution in [0.5, 0.6) is 0 Å². The summed E-state index contributed by atoms with van der Waals surface area (Å²) in [6.45, 7) is 11.8. The van der Waals surface area contributed by atoms with Crippen LogP contribution >= 0.6 is 0 Å². The van der Waals surface area contributed by atoms with Gasteiger partial charge in [0.2, 0.25) is 0 Å². The van der Waals surface area contributed by atoms with E-state index in [0.717, 1.165) is 5.69 Å². The molecule has 0 bridgehead atoms. The maximum Gasteiger partial charge on any atom is 0.0781 e. The topological polar surface area (TPSA) is 17.8 Å². The first-order chi connectivity index (χ1) is 15.3. The van der Waals surface area contributed by atoms with E-state index in [-0.39, 0.29) is 0 Å². The van der Waals surface area contributed by atoms with E-state index < -0.39 is 8.07 Å². The Morgan fingerprint density at radius 2 is 1.44 bits per heavy atom. The van der Waals surface area contributed by atoms with Crippen LogP contribution in [-0.4, -0.2) is 17.6 Å². The molecule has 0 radical (unpaired) electrons. The largest absolute Gasteiger partial charge is 0.309 e. The molecule has 3 aromatic carbocycles. The Balaban J connectivity index is 1.74. The summed E-state index contributed by atoms with van der Waals surface area (Å²) in [6, 6.07) is 28.5. The Morgan fingerprint density at radius 1 is 0.750 bits per heavy atom. The Bertz CT molecular complexity index is 1420. The van der Waals surface area contributed by atoms with Crippen molar-refractivity contribution < 1.29 is 0 Å². The Labute approximate surface area is 191 Å². The summed E-state index contributed by atoms with van der Waals surface area (Å²) in [4.78, 5) is 4.91. The van der Waals surface area contributed by atoms with Gasteiger partial charge in [0.1, 0.15) is 0 Å². The summed E-state index contributed by atoms with van der Waals surface area (Å²) in [7, 11) is -1.49. The van der Waals surface area contributed by atoms with E-state index in [9.17, 15) is 0 Å². The summed E-state index contributed by atoms with van der Waals surface area (Å²) in [5.41, 5.74) is 7.30. The van der Waals surface area contributed by atoms with E-state index in [1.54, 1.807) is 0 Å². The number of rotatable bonds is 4. The number of benzene rings is 3. The van der Waals surface area contributed by atoms with Crippen LogP contribution in [0.15, 0.2) is 85.1 Å². The number of nitrogens with zero attached hydrogens (tertiary/aromatic N) is 2. The van der Waals surface area contributed by atoms with Crippen molar-refractivity contribution in [1.82, 2.24) is 9.55 Å². The van der Waals surface area contributed by atoms with Gasteiger partial charge < -0.3 is 4.57 Å².